The van der Waals surface area contributed by atoms with E-state index in [1.54, 1.807) is 0 Å². The van der Waals surface area contributed by atoms with Crippen LogP contribution >= 0.6 is 0 Å². The number of nitrogens with zero attached hydrogens (tertiary/aromatic N) is 2. The molecule has 0 radical (unpaired) electrons. The van der Waals surface area contributed by atoms with Gasteiger partial charge < -0.3 is 5.32 Å². The molecule has 3 nitrogen and oxygen atoms in total. The quantitative estimate of drug-likeness (QED) is 0.869. The zero-order chi connectivity index (χ0) is 12.3. The maximum atomic E-state index is 4.47. The van der Waals surface area contributed by atoms with Crippen molar-refractivity contribution < 1.29 is 0 Å². The normalized spacial score (nSPS) is 19.8. The van der Waals surface area contributed by atoms with Crippen LogP contribution in [0.5, 0.6) is 0 Å². The number of nitrogens with one attached hydrogen (secondary N) is 1. The SMILES string of the molecule is CC(C)Cn1cc(C(C)C2CCNCC2)cn1. The molecule has 0 aliphatic carbocycles. The van der Waals surface area contributed by atoms with Crippen LogP contribution in [0.2, 0.25) is 0 Å². The highest BCUT2D eigenvalue weighted by Crippen LogP contribution is 2.30. The molecule has 1 aromatic rings. The van der Waals surface area contributed by atoms with Crippen molar-refractivity contribution >= 4 is 0 Å². The summed E-state index contributed by atoms with van der Waals surface area (Å²) >= 11 is 0. The first-order valence-electron chi connectivity index (χ1n) is 6.90. The van der Waals surface area contributed by atoms with Crippen molar-refractivity contribution in [3.8, 4) is 0 Å². The van der Waals surface area contributed by atoms with E-state index in [4.69, 9.17) is 0 Å². The van der Waals surface area contributed by atoms with Gasteiger partial charge in [-0.1, -0.05) is 20.8 Å². The molecule has 1 N–H and O–H groups in total. The first kappa shape index (κ1) is 12.6. The molecule has 0 saturated carbocycles. The van der Waals surface area contributed by atoms with Crippen LogP contribution in [0.3, 0.4) is 0 Å². The number of rotatable bonds is 4. The largest absolute Gasteiger partial charge is 0.317 e. The zero-order valence-electron chi connectivity index (χ0n) is 11.3. The minimum atomic E-state index is 0.651. The third-order valence-electron chi connectivity index (χ3n) is 3.82. The Morgan fingerprint density at radius 2 is 2.06 bits per heavy atom. The van der Waals surface area contributed by atoms with Crippen LogP contribution in [0.15, 0.2) is 12.4 Å². The Bertz CT molecular complexity index is 337. The Kier molecular flexibility index (Phi) is 4.21. The van der Waals surface area contributed by atoms with Crippen molar-refractivity contribution in [1.82, 2.24) is 15.1 Å². The number of hydrogen-bond acceptors (Lipinski definition) is 2. The molecule has 3 heteroatoms. The minimum absolute atomic E-state index is 0.651. The highest BCUT2D eigenvalue weighted by atomic mass is 15.3. The van der Waals surface area contributed by atoms with Gasteiger partial charge in [0.2, 0.25) is 0 Å². The highest BCUT2D eigenvalue weighted by Gasteiger charge is 2.22. The van der Waals surface area contributed by atoms with Crippen molar-refractivity contribution in [2.75, 3.05) is 13.1 Å². The van der Waals surface area contributed by atoms with E-state index >= 15 is 0 Å². The number of piperidine rings is 1. The van der Waals surface area contributed by atoms with Gasteiger partial charge in [-0.2, -0.15) is 5.10 Å². The van der Waals surface area contributed by atoms with E-state index in [1.807, 2.05) is 0 Å². The predicted octanol–water partition coefficient (Wildman–Crippen LogP) is 2.64. The first-order valence-corrected chi connectivity index (χ1v) is 6.90. The Balaban J connectivity index is 1.98. The lowest BCUT2D eigenvalue weighted by Gasteiger charge is -2.27. The highest BCUT2D eigenvalue weighted by molar-refractivity contribution is 5.12. The number of aromatic nitrogens is 2. The summed E-state index contributed by atoms with van der Waals surface area (Å²) in [4.78, 5) is 0. The average Bonchev–Trinajstić information content (AvgIpc) is 2.77. The maximum absolute atomic E-state index is 4.47. The van der Waals surface area contributed by atoms with E-state index in [2.05, 4.69) is 48.3 Å². The van der Waals surface area contributed by atoms with E-state index in [0.717, 1.165) is 12.5 Å². The Morgan fingerprint density at radius 1 is 1.35 bits per heavy atom. The van der Waals surface area contributed by atoms with Crippen LogP contribution in [-0.2, 0) is 6.54 Å². The third kappa shape index (κ3) is 3.32. The standard InChI is InChI=1S/C14H25N3/c1-11(2)9-17-10-14(8-16-17)12(3)13-4-6-15-7-5-13/h8,10-13,15H,4-7,9H2,1-3H3. The van der Waals surface area contributed by atoms with Gasteiger partial charge in [0.05, 0.1) is 6.20 Å². The fraction of sp³-hybridized carbons (Fsp3) is 0.786. The lowest BCUT2D eigenvalue weighted by atomic mass is 9.83. The van der Waals surface area contributed by atoms with E-state index in [9.17, 15) is 0 Å². The molecular formula is C14H25N3. The lowest BCUT2D eigenvalue weighted by Crippen LogP contribution is -2.30. The smallest absolute Gasteiger partial charge is 0.0524 e. The monoisotopic (exact) mass is 235 g/mol. The van der Waals surface area contributed by atoms with Gasteiger partial charge in [-0.25, -0.2) is 0 Å². The van der Waals surface area contributed by atoms with Crippen molar-refractivity contribution in [2.45, 2.75) is 46.1 Å². The topological polar surface area (TPSA) is 29.9 Å². The molecule has 1 aromatic heterocycles. The summed E-state index contributed by atoms with van der Waals surface area (Å²) in [5.74, 6) is 2.14. The van der Waals surface area contributed by atoms with Crippen LogP contribution in [0.1, 0.15) is 45.1 Å². The molecule has 1 unspecified atom stereocenters. The minimum Gasteiger partial charge on any atom is -0.317 e. The summed E-state index contributed by atoms with van der Waals surface area (Å²) in [7, 11) is 0. The van der Waals surface area contributed by atoms with Gasteiger partial charge in [0.25, 0.3) is 0 Å². The van der Waals surface area contributed by atoms with E-state index < -0.39 is 0 Å². The Labute approximate surface area is 105 Å². The van der Waals surface area contributed by atoms with Gasteiger partial charge in [-0.3, -0.25) is 4.68 Å². The molecule has 1 fully saturated rings. The third-order valence-corrected chi connectivity index (χ3v) is 3.82. The molecule has 17 heavy (non-hydrogen) atoms. The van der Waals surface area contributed by atoms with Crippen molar-refractivity contribution in [2.24, 2.45) is 11.8 Å². The fourth-order valence-corrected chi connectivity index (χ4v) is 2.71. The molecule has 1 aliphatic rings. The molecular weight excluding hydrogens is 210 g/mol. The zero-order valence-corrected chi connectivity index (χ0v) is 11.3. The molecule has 2 heterocycles. The lowest BCUT2D eigenvalue weighted by molar-refractivity contribution is 0.330. The van der Waals surface area contributed by atoms with Crippen molar-refractivity contribution in [3.05, 3.63) is 18.0 Å². The molecule has 0 bridgehead atoms. The van der Waals surface area contributed by atoms with E-state index in [0.29, 0.717) is 11.8 Å². The second kappa shape index (κ2) is 5.67. The Morgan fingerprint density at radius 3 is 2.71 bits per heavy atom. The molecule has 0 aromatic carbocycles. The van der Waals surface area contributed by atoms with Crippen LogP contribution < -0.4 is 5.32 Å². The van der Waals surface area contributed by atoms with Gasteiger partial charge in [-0.05, 0) is 49.2 Å². The second-order valence-corrected chi connectivity index (χ2v) is 5.77. The van der Waals surface area contributed by atoms with Crippen LogP contribution in [0.4, 0.5) is 0 Å². The molecule has 0 amide bonds. The van der Waals surface area contributed by atoms with Crippen LogP contribution in [0, 0.1) is 11.8 Å². The summed E-state index contributed by atoms with van der Waals surface area (Å²) in [5, 5.41) is 7.90. The van der Waals surface area contributed by atoms with E-state index in [-0.39, 0.29) is 0 Å². The summed E-state index contributed by atoms with van der Waals surface area (Å²) in [6.07, 6.45) is 6.91. The number of hydrogen-bond donors (Lipinski definition) is 1. The second-order valence-electron chi connectivity index (χ2n) is 5.77. The van der Waals surface area contributed by atoms with Crippen molar-refractivity contribution in [1.29, 1.82) is 0 Å². The van der Waals surface area contributed by atoms with Gasteiger partial charge in [0.15, 0.2) is 0 Å². The van der Waals surface area contributed by atoms with E-state index in [1.165, 1.54) is 31.5 Å². The van der Waals surface area contributed by atoms with Gasteiger partial charge in [-0.15, -0.1) is 0 Å². The van der Waals surface area contributed by atoms with Crippen LogP contribution in [0.25, 0.3) is 0 Å². The predicted molar refractivity (Wildman–Crippen MR) is 71.1 cm³/mol. The molecule has 1 saturated heterocycles. The fourth-order valence-electron chi connectivity index (χ4n) is 2.71. The van der Waals surface area contributed by atoms with Gasteiger partial charge in [0.1, 0.15) is 0 Å². The van der Waals surface area contributed by atoms with Crippen LogP contribution in [-0.4, -0.2) is 22.9 Å². The Hall–Kier alpha value is -0.830. The summed E-state index contributed by atoms with van der Waals surface area (Å²) in [6.45, 7) is 10.2. The molecule has 96 valence electrons. The molecule has 2 rings (SSSR count). The summed E-state index contributed by atoms with van der Waals surface area (Å²) < 4.78 is 2.09. The average molecular weight is 235 g/mol. The summed E-state index contributed by atoms with van der Waals surface area (Å²) in [5.41, 5.74) is 1.41. The summed E-state index contributed by atoms with van der Waals surface area (Å²) in [6, 6.07) is 0. The molecule has 1 atom stereocenters. The first-order chi connectivity index (χ1) is 8.16. The molecule has 0 spiro atoms. The maximum Gasteiger partial charge on any atom is 0.0524 e. The van der Waals surface area contributed by atoms with Gasteiger partial charge >= 0.3 is 0 Å². The van der Waals surface area contributed by atoms with Gasteiger partial charge in [0, 0.05) is 12.7 Å². The van der Waals surface area contributed by atoms with Crippen molar-refractivity contribution in [3.63, 3.8) is 0 Å². The molecule has 1 aliphatic heterocycles.